The third-order valence-corrected chi connectivity index (χ3v) is 5.77. The van der Waals surface area contributed by atoms with Gasteiger partial charge in [-0.15, -0.1) is 0 Å². The molecule has 1 amide bonds. The molecule has 1 aliphatic heterocycles. The Hall–Kier alpha value is -3.03. The molecule has 1 aliphatic rings. The lowest BCUT2D eigenvalue weighted by atomic mass is 9.97. The fraction of sp³-hybridized carbons (Fsp3) is 0.409. The predicted molar refractivity (Wildman–Crippen MR) is 109 cm³/mol. The van der Waals surface area contributed by atoms with Crippen molar-refractivity contribution in [2.75, 3.05) is 7.11 Å². The van der Waals surface area contributed by atoms with Gasteiger partial charge in [0.05, 0.1) is 19.0 Å². The molecule has 2 unspecified atom stereocenters. The van der Waals surface area contributed by atoms with Crippen molar-refractivity contribution in [2.24, 2.45) is 0 Å². The number of benzene rings is 1. The third-order valence-electron chi connectivity index (χ3n) is 5.77. The van der Waals surface area contributed by atoms with Gasteiger partial charge in [0.25, 0.3) is 12.3 Å². The highest BCUT2D eigenvalue weighted by molar-refractivity contribution is 6.00. The van der Waals surface area contributed by atoms with Gasteiger partial charge in [-0.1, -0.05) is 0 Å². The molecule has 1 saturated heterocycles. The Morgan fingerprint density at radius 2 is 1.83 bits per heavy atom. The Morgan fingerprint density at radius 1 is 1.17 bits per heavy atom. The van der Waals surface area contributed by atoms with Gasteiger partial charge in [0.1, 0.15) is 17.0 Å². The molecule has 0 bridgehead atoms. The molecule has 1 aromatic carbocycles. The Kier molecular flexibility index (Phi) is 5.40. The number of alkyl halides is 2. The highest BCUT2D eigenvalue weighted by atomic mass is 19.3. The Balaban J connectivity index is 1.83. The zero-order valence-corrected chi connectivity index (χ0v) is 17.2. The average molecular weight is 414 g/mol. The quantitative estimate of drug-likeness (QED) is 0.618. The summed E-state index contributed by atoms with van der Waals surface area (Å²) in [4.78, 5) is 19.7. The van der Waals surface area contributed by atoms with Crippen LogP contribution >= 0.6 is 0 Å². The van der Waals surface area contributed by atoms with Crippen LogP contribution in [0.25, 0.3) is 16.9 Å². The standard InChI is InChI=1S/C22H24F2N4O2/c1-13-5-4-6-14(2)27(13)22(29)17-12-25-28-19(20(23)24)11-18(26-21(17)28)15-7-9-16(30-3)10-8-15/h7-14,20H,4-6H2,1-3H3. The summed E-state index contributed by atoms with van der Waals surface area (Å²) < 4.78 is 33.8. The first kappa shape index (κ1) is 20.3. The first-order valence-electron chi connectivity index (χ1n) is 10.0. The zero-order chi connectivity index (χ0) is 21.4. The maximum Gasteiger partial charge on any atom is 0.280 e. The molecule has 2 atom stereocenters. The molecule has 0 spiro atoms. The molecule has 0 N–H and O–H groups in total. The number of ether oxygens (including phenoxy) is 1. The van der Waals surface area contributed by atoms with Gasteiger partial charge in [-0.3, -0.25) is 4.79 Å². The second-order valence-corrected chi connectivity index (χ2v) is 7.73. The predicted octanol–water partition coefficient (Wildman–Crippen LogP) is 4.75. The van der Waals surface area contributed by atoms with E-state index in [1.165, 1.54) is 12.3 Å². The molecule has 3 heterocycles. The molecule has 158 valence electrons. The summed E-state index contributed by atoms with van der Waals surface area (Å²) >= 11 is 0. The largest absolute Gasteiger partial charge is 0.497 e. The summed E-state index contributed by atoms with van der Waals surface area (Å²) in [6, 6.07) is 8.45. The van der Waals surface area contributed by atoms with Gasteiger partial charge in [-0.2, -0.15) is 5.10 Å². The molecule has 4 rings (SSSR count). The van der Waals surface area contributed by atoms with E-state index in [0.29, 0.717) is 17.0 Å². The number of carbonyl (C=O) groups is 1. The Bertz CT molecular complexity index is 1050. The van der Waals surface area contributed by atoms with Crippen molar-refractivity contribution in [2.45, 2.75) is 51.6 Å². The number of fused-ring (bicyclic) bond motifs is 1. The number of halogens is 2. The maximum absolute atomic E-state index is 13.8. The van der Waals surface area contributed by atoms with Crippen molar-refractivity contribution in [1.29, 1.82) is 0 Å². The lowest BCUT2D eigenvalue weighted by molar-refractivity contribution is 0.0512. The first-order chi connectivity index (χ1) is 14.4. The second kappa shape index (κ2) is 8.01. The van der Waals surface area contributed by atoms with Gasteiger partial charge in [-0.05, 0) is 63.4 Å². The van der Waals surface area contributed by atoms with Gasteiger partial charge in [0, 0.05) is 17.6 Å². The number of nitrogens with zero attached hydrogens (tertiary/aromatic N) is 4. The minimum Gasteiger partial charge on any atom is -0.497 e. The molecular weight excluding hydrogens is 390 g/mol. The number of methoxy groups -OCH3 is 1. The smallest absolute Gasteiger partial charge is 0.280 e. The van der Waals surface area contributed by atoms with Crippen molar-refractivity contribution in [3.8, 4) is 17.0 Å². The lowest BCUT2D eigenvalue weighted by Crippen LogP contribution is -2.47. The number of likely N-dealkylation sites (tertiary alicyclic amines) is 1. The second-order valence-electron chi connectivity index (χ2n) is 7.73. The molecular formula is C22H24F2N4O2. The van der Waals surface area contributed by atoms with Gasteiger partial charge >= 0.3 is 0 Å². The molecule has 1 fully saturated rings. The lowest BCUT2D eigenvalue weighted by Gasteiger charge is -2.38. The number of carbonyl (C=O) groups excluding carboxylic acids is 1. The van der Waals surface area contributed by atoms with Crippen LogP contribution in [0, 0.1) is 0 Å². The van der Waals surface area contributed by atoms with Gasteiger partial charge in [0.2, 0.25) is 0 Å². The van der Waals surface area contributed by atoms with Crippen LogP contribution in [0.5, 0.6) is 5.75 Å². The van der Waals surface area contributed by atoms with Crippen molar-refractivity contribution < 1.29 is 18.3 Å². The number of rotatable bonds is 4. The van der Waals surface area contributed by atoms with E-state index in [1.807, 2.05) is 18.7 Å². The molecule has 0 aliphatic carbocycles. The van der Waals surface area contributed by atoms with Crippen LogP contribution in [0.1, 0.15) is 55.6 Å². The summed E-state index contributed by atoms with van der Waals surface area (Å²) in [6.45, 7) is 4.03. The molecule has 3 aromatic rings. The van der Waals surface area contributed by atoms with E-state index < -0.39 is 6.43 Å². The van der Waals surface area contributed by atoms with Crippen molar-refractivity contribution >= 4 is 11.6 Å². The van der Waals surface area contributed by atoms with E-state index in [9.17, 15) is 13.6 Å². The van der Waals surface area contributed by atoms with Crippen LogP contribution in [0.15, 0.2) is 36.5 Å². The highest BCUT2D eigenvalue weighted by Crippen LogP contribution is 2.30. The number of hydrogen-bond donors (Lipinski definition) is 0. The topological polar surface area (TPSA) is 59.7 Å². The monoisotopic (exact) mass is 414 g/mol. The number of aromatic nitrogens is 3. The van der Waals surface area contributed by atoms with Crippen LogP contribution in [0.4, 0.5) is 8.78 Å². The molecule has 6 nitrogen and oxygen atoms in total. The number of piperidine rings is 1. The van der Waals surface area contributed by atoms with Crippen molar-refractivity contribution in [3.63, 3.8) is 0 Å². The van der Waals surface area contributed by atoms with E-state index >= 15 is 0 Å². The zero-order valence-electron chi connectivity index (χ0n) is 17.2. The number of amides is 1. The summed E-state index contributed by atoms with van der Waals surface area (Å²) in [5.41, 5.74) is 1.10. The van der Waals surface area contributed by atoms with Crippen LogP contribution in [-0.2, 0) is 0 Å². The number of hydrogen-bond acceptors (Lipinski definition) is 4. The molecule has 0 saturated carbocycles. The highest BCUT2D eigenvalue weighted by Gasteiger charge is 2.32. The fourth-order valence-electron chi connectivity index (χ4n) is 4.16. The van der Waals surface area contributed by atoms with E-state index in [1.54, 1.807) is 31.4 Å². The molecule has 8 heteroatoms. The first-order valence-corrected chi connectivity index (χ1v) is 10.0. The van der Waals surface area contributed by atoms with Gasteiger partial charge in [-0.25, -0.2) is 18.3 Å². The Morgan fingerprint density at radius 3 is 2.43 bits per heavy atom. The van der Waals surface area contributed by atoms with Crippen molar-refractivity contribution in [3.05, 3.63) is 47.8 Å². The molecule has 30 heavy (non-hydrogen) atoms. The van der Waals surface area contributed by atoms with Crippen LogP contribution in [0.2, 0.25) is 0 Å². The fourth-order valence-corrected chi connectivity index (χ4v) is 4.16. The summed E-state index contributed by atoms with van der Waals surface area (Å²) in [5, 5.41) is 4.07. The minimum atomic E-state index is -2.76. The minimum absolute atomic E-state index is 0.0792. The maximum atomic E-state index is 13.8. The van der Waals surface area contributed by atoms with E-state index in [-0.39, 0.29) is 34.9 Å². The summed E-state index contributed by atoms with van der Waals surface area (Å²) in [6.07, 6.45) is 1.49. The SMILES string of the molecule is COc1ccc(-c2cc(C(F)F)n3ncc(C(=O)N4C(C)CCCC4C)c3n2)cc1. The van der Waals surface area contributed by atoms with Gasteiger partial charge in [0.15, 0.2) is 5.65 Å². The summed E-state index contributed by atoms with van der Waals surface area (Å²) in [7, 11) is 1.56. The van der Waals surface area contributed by atoms with Crippen LogP contribution < -0.4 is 4.74 Å². The normalized spacial score (nSPS) is 19.5. The van der Waals surface area contributed by atoms with Crippen LogP contribution in [-0.4, -0.2) is 44.6 Å². The summed E-state index contributed by atoms with van der Waals surface area (Å²) in [5.74, 6) is 0.437. The van der Waals surface area contributed by atoms with E-state index in [2.05, 4.69) is 10.1 Å². The third kappa shape index (κ3) is 3.51. The average Bonchev–Trinajstić information content (AvgIpc) is 3.16. The van der Waals surface area contributed by atoms with Gasteiger partial charge < -0.3 is 9.64 Å². The van der Waals surface area contributed by atoms with E-state index in [0.717, 1.165) is 23.8 Å². The van der Waals surface area contributed by atoms with E-state index in [4.69, 9.17) is 4.74 Å². The van der Waals surface area contributed by atoms with Crippen LogP contribution in [0.3, 0.4) is 0 Å². The molecule has 0 radical (unpaired) electrons. The van der Waals surface area contributed by atoms with Crippen molar-refractivity contribution in [1.82, 2.24) is 19.5 Å². The molecule has 2 aromatic heterocycles. The Labute approximate surface area is 173 Å².